The first-order valence-corrected chi connectivity index (χ1v) is 4.51. The number of carbonyl (C=O) groups excluding carboxylic acids is 1. The predicted octanol–water partition coefficient (Wildman–Crippen LogP) is 3.09. The van der Waals surface area contributed by atoms with Gasteiger partial charge < -0.3 is 4.52 Å². The maximum Gasteiger partial charge on any atom is 0.283 e. The Morgan fingerprint density at radius 3 is 2.75 bits per heavy atom. The van der Waals surface area contributed by atoms with Crippen molar-refractivity contribution in [2.45, 2.75) is 6.43 Å². The number of benzene rings is 1. The maximum absolute atomic E-state index is 12.3. The zero-order valence-electron chi connectivity index (χ0n) is 8.06. The van der Waals surface area contributed by atoms with Crippen LogP contribution in [-0.2, 0) is 0 Å². The van der Waals surface area contributed by atoms with Gasteiger partial charge in [0.2, 0.25) is 0 Å². The largest absolute Gasteiger partial charge is 0.356 e. The van der Waals surface area contributed by atoms with E-state index in [-0.39, 0.29) is 5.76 Å². The van der Waals surface area contributed by atoms with Gasteiger partial charge in [-0.15, -0.1) is 0 Å². The van der Waals surface area contributed by atoms with Crippen molar-refractivity contribution >= 4 is 6.29 Å². The first-order valence-electron chi connectivity index (χ1n) is 4.51. The summed E-state index contributed by atoms with van der Waals surface area (Å²) in [6.07, 6.45) is -1.99. The molecule has 0 aliphatic carbocycles. The summed E-state index contributed by atoms with van der Waals surface area (Å²) in [5.41, 5.74) is 0.586. The average Bonchev–Trinajstić information content (AvgIpc) is 2.78. The summed E-state index contributed by atoms with van der Waals surface area (Å²) in [5, 5.41) is 3.23. The maximum atomic E-state index is 12.3. The third-order valence-corrected chi connectivity index (χ3v) is 2.06. The Balaban J connectivity index is 2.38. The summed E-state index contributed by atoms with van der Waals surface area (Å²) in [6, 6.07) is 7.62. The Kier molecular flexibility index (Phi) is 2.76. The molecule has 0 N–H and O–H groups in total. The van der Waals surface area contributed by atoms with Gasteiger partial charge in [-0.25, -0.2) is 8.78 Å². The number of aldehydes is 1. The zero-order chi connectivity index (χ0) is 11.5. The number of nitrogens with zero attached hydrogens (tertiary/aromatic N) is 1. The second-order valence-corrected chi connectivity index (χ2v) is 3.16. The van der Waals surface area contributed by atoms with Crippen LogP contribution >= 0.6 is 0 Å². The van der Waals surface area contributed by atoms with Gasteiger partial charge in [0.05, 0.1) is 0 Å². The fraction of sp³-hybridized carbons (Fsp3) is 0.0909. The van der Waals surface area contributed by atoms with E-state index in [9.17, 15) is 13.6 Å². The molecule has 5 heteroatoms. The van der Waals surface area contributed by atoms with E-state index >= 15 is 0 Å². The highest BCUT2D eigenvalue weighted by molar-refractivity contribution is 5.77. The first kappa shape index (κ1) is 10.5. The summed E-state index contributed by atoms with van der Waals surface area (Å²) in [5.74, 6) is 0.221. The summed E-state index contributed by atoms with van der Waals surface area (Å²) in [7, 11) is 0. The topological polar surface area (TPSA) is 43.1 Å². The fourth-order valence-electron chi connectivity index (χ4n) is 1.29. The summed E-state index contributed by atoms with van der Waals surface area (Å²) < 4.78 is 29.3. The highest BCUT2D eigenvalue weighted by Gasteiger charge is 2.14. The number of halogens is 2. The Bertz CT molecular complexity index is 508. The summed E-state index contributed by atoms with van der Waals surface area (Å²) >= 11 is 0. The minimum absolute atomic E-state index is 0.221. The Hall–Kier alpha value is -2.04. The van der Waals surface area contributed by atoms with Crippen LogP contribution in [0.15, 0.2) is 34.9 Å². The van der Waals surface area contributed by atoms with Crippen molar-refractivity contribution in [2.24, 2.45) is 0 Å². The van der Waals surface area contributed by atoms with Gasteiger partial charge in [0.25, 0.3) is 6.43 Å². The van der Waals surface area contributed by atoms with Gasteiger partial charge in [-0.1, -0.05) is 23.4 Å². The van der Waals surface area contributed by atoms with Crippen molar-refractivity contribution in [1.82, 2.24) is 5.16 Å². The van der Waals surface area contributed by atoms with Crippen LogP contribution < -0.4 is 0 Å². The molecule has 0 amide bonds. The van der Waals surface area contributed by atoms with Crippen molar-refractivity contribution in [3.8, 4) is 11.3 Å². The molecule has 0 aliphatic heterocycles. The van der Waals surface area contributed by atoms with E-state index < -0.39 is 12.1 Å². The van der Waals surface area contributed by atoms with E-state index in [2.05, 4.69) is 5.16 Å². The molecule has 3 nitrogen and oxygen atoms in total. The number of carbonyl (C=O) groups is 1. The lowest BCUT2D eigenvalue weighted by molar-refractivity contribution is 0.112. The van der Waals surface area contributed by atoms with Crippen LogP contribution in [0.25, 0.3) is 11.3 Å². The standard InChI is InChI=1S/C11H7F2NO2/c12-11(13)9-5-10(16-14-9)8-3-1-2-7(4-8)6-15/h1-6,11H. The second-order valence-electron chi connectivity index (χ2n) is 3.16. The van der Waals surface area contributed by atoms with Crippen LogP contribution in [0.2, 0.25) is 0 Å². The minimum atomic E-state index is -2.66. The van der Waals surface area contributed by atoms with Gasteiger partial charge in [-0.05, 0) is 6.07 Å². The van der Waals surface area contributed by atoms with Crippen molar-refractivity contribution in [3.63, 3.8) is 0 Å². The van der Waals surface area contributed by atoms with Crippen LogP contribution in [0.4, 0.5) is 8.78 Å². The molecule has 0 unspecified atom stereocenters. The van der Waals surface area contributed by atoms with Gasteiger partial charge in [-0.3, -0.25) is 4.79 Å². The summed E-state index contributed by atoms with van der Waals surface area (Å²) in [4.78, 5) is 10.5. The molecule has 0 aliphatic rings. The van der Waals surface area contributed by atoms with E-state index in [1.807, 2.05) is 0 Å². The minimum Gasteiger partial charge on any atom is -0.356 e. The number of hydrogen-bond donors (Lipinski definition) is 0. The van der Waals surface area contributed by atoms with E-state index in [0.29, 0.717) is 17.4 Å². The van der Waals surface area contributed by atoms with Gasteiger partial charge in [0.1, 0.15) is 12.0 Å². The van der Waals surface area contributed by atoms with Crippen LogP contribution in [0.1, 0.15) is 22.5 Å². The molecule has 0 bridgehead atoms. The second kappa shape index (κ2) is 4.22. The van der Waals surface area contributed by atoms with Gasteiger partial charge in [0, 0.05) is 17.2 Å². The molecule has 1 aromatic carbocycles. The van der Waals surface area contributed by atoms with Crippen molar-refractivity contribution in [1.29, 1.82) is 0 Å². The molecule has 0 saturated carbocycles. The van der Waals surface area contributed by atoms with Crippen molar-refractivity contribution < 1.29 is 18.1 Å². The normalized spacial score (nSPS) is 10.7. The number of hydrogen-bond acceptors (Lipinski definition) is 3. The number of aromatic nitrogens is 1. The lowest BCUT2D eigenvalue weighted by Gasteiger charge is -1.95. The Labute approximate surface area is 89.7 Å². The molecular formula is C11H7F2NO2. The Morgan fingerprint density at radius 1 is 1.31 bits per heavy atom. The van der Waals surface area contributed by atoms with Crippen molar-refractivity contribution in [2.75, 3.05) is 0 Å². The lowest BCUT2D eigenvalue weighted by atomic mass is 10.1. The average molecular weight is 223 g/mol. The van der Waals surface area contributed by atoms with Crippen LogP contribution in [0.3, 0.4) is 0 Å². The molecule has 16 heavy (non-hydrogen) atoms. The van der Waals surface area contributed by atoms with Gasteiger partial charge in [-0.2, -0.15) is 0 Å². The highest BCUT2D eigenvalue weighted by Crippen LogP contribution is 2.25. The van der Waals surface area contributed by atoms with Crippen LogP contribution in [-0.4, -0.2) is 11.4 Å². The third kappa shape index (κ3) is 1.98. The van der Waals surface area contributed by atoms with Crippen LogP contribution in [0, 0.1) is 0 Å². The molecule has 0 fully saturated rings. The number of alkyl halides is 2. The quantitative estimate of drug-likeness (QED) is 0.751. The molecule has 82 valence electrons. The number of rotatable bonds is 3. The highest BCUT2D eigenvalue weighted by atomic mass is 19.3. The SMILES string of the molecule is O=Cc1cccc(-c2cc(C(F)F)no2)c1. The van der Waals surface area contributed by atoms with E-state index in [0.717, 1.165) is 6.07 Å². The molecule has 2 aromatic rings. The molecule has 0 radical (unpaired) electrons. The van der Waals surface area contributed by atoms with E-state index in [1.165, 1.54) is 0 Å². The molecule has 0 spiro atoms. The molecular weight excluding hydrogens is 216 g/mol. The fourth-order valence-corrected chi connectivity index (χ4v) is 1.29. The molecule has 1 aromatic heterocycles. The van der Waals surface area contributed by atoms with Crippen LogP contribution in [0.5, 0.6) is 0 Å². The lowest BCUT2D eigenvalue weighted by Crippen LogP contribution is -1.81. The molecule has 1 heterocycles. The van der Waals surface area contributed by atoms with E-state index in [4.69, 9.17) is 4.52 Å². The first-order chi connectivity index (χ1) is 7.70. The van der Waals surface area contributed by atoms with E-state index in [1.54, 1.807) is 24.3 Å². The molecule has 0 atom stereocenters. The molecule has 0 saturated heterocycles. The smallest absolute Gasteiger partial charge is 0.283 e. The zero-order valence-corrected chi connectivity index (χ0v) is 8.06. The summed E-state index contributed by atoms with van der Waals surface area (Å²) in [6.45, 7) is 0. The van der Waals surface area contributed by atoms with Crippen molar-refractivity contribution in [3.05, 3.63) is 41.6 Å². The molecule has 2 rings (SSSR count). The monoisotopic (exact) mass is 223 g/mol. The third-order valence-electron chi connectivity index (χ3n) is 2.06. The van der Waals surface area contributed by atoms with Gasteiger partial charge >= 0.3 is 0 Å². The predicted molar refractivity (Wildman–Crippen MR) is 52.3 cm³/mol. The Morgan fingerprint density at radius 2 is 2.12 bits per heavy atom. The van der Waals surface area contributed by atoms with Gasteiger partial charge in [0.15, 0.2) is 5.76 Å².